The van der Waals surface area contributed by atoms with Crippen molar-refractivity contribution in [3.05, 3.63) is 0 Å². The van der Waals surface area contributed by atoms with Crippen molar-refractivity contribution in [3.8, 4) is 0 Å². The molecule has 1 fully saturated rings. The van der Waals surface area contributed by atoms with Crippen molar-refractivity contribution in [2.45, 2.75) is 129 Å². The molecular weight excluding hydrogens is 320 g/mol. The summed E-state index contributed by atoms with van der Waals surface area (Å²) in [5.74, 6) is 0. The van der Waals surface area contributed by atoms with Gasteiger partial charge in [0.25, 0.3) is 0 Å². The maximum Gasteiger partial charge on any atom is 0.116 e. The van der Waals surface area contributed by atoms with E-state index in [1.54, 1.807) is 0 Å². The zero-order chi connectivity index (χ0) is 18.9. The summed E-state index contributed by atoms with van der Waals surface area (Å²) in [7, 11) is 0. The molecule has 0 saturated carbocycles. The number of nitrogens with one attached hydrogen (secondary N) is 1. The lowest BCUT2D eigenvalue weighted by Gasteiger charge is -2.33. The molecule has 1 unspecified atom stereocenters. The molecule has 0 amide bonds. The normalized spacial score (nSPS) is 17.7. The van der Waals surface area contributed by atoms with Gasteiger partial charge in [-0.15, -0.1) is 0 Å². The van der Waals surface area contributed by atoms with Crippen molar-refractivity contribution < 1.29 is 5.11 Å². The van der Waals surface area contributed by atoms with Crippen molar-refractivity contribution in [2.75, 3.05) is 19.8 Å². The van der Waals surface area contributed by atoms with Gasteiger partial charge in [0.1, 0.15) is 5.72 Å². The van der Waals surface area contributed by atoms with Gasteiger partial charge in [-0.2, -0.15) is 0 Å². The highest BCUT2D eigenvalue weighted by Gasteiger charge is 2.30. The average Bonchev–Trinajstić information content (AvgIpc) is 3.17. The summed E-state index contributed by atoms with van der Waals surface area (Å²) >= 11 is 0. The van der Waals surface area contributed by atoms with Crippen molar-refractivity contribution in [3.63, 3.8) is 0 Å². The second-order valence-corrected chi connectivity index (χ2v) is 8.69. The fraction of sp³-hybridized carbons (Fsp3) is 1.00. The van der Waals surface area contributed by atoms with E-state index in [0.29, 0.717) is 0 Å². The first-order valence-electron chi connectivity index (χ1n) is 11.8. The van der Waals surface area contributed by atoms with Gasteiger partial charge in [0, 0.05) is 13.1 Å². The van der Waals surface area contributed by atoms with Crippen LogP contribution in [-0.4, -0.2) is 35.5 Å². The minimum absolute atomic E-state index is 0.612. The maximum atomic E-state index is 10.5. The second-order valence-electron chi connectivity index (χ2n) is 8.69. The average molecular weight is 369 g/mol. The Hall–Kier alpha value is -0.120. The van der Waals surface area contributed by atoms with E-state index in [9.17, 15) is 5.11 Å². The van der Waals surface area contributed by atoms with E-state index in [4.69, 9.17) is 0 Å². The third-order valence-corrected chi connectivity index (χ3v) is 6.05. The van der Waals surface area contributed by atoms with E-state index in [-0.39, 0.29) is 0 Å². The van der Waals surface area contributed by atoms with Crippen LogP contribution in [0.25, 0.3) is 0 Å². The first-order chi connectivity index (χ1) is 12.7. The highest BCUT2D eigenvalue weighted by molar-refractivity contribution is 4.78. The predicted molar refractivity (Wildman–Crippen MR) is 114 cm³/mol. The molecule has 0 aromatic heterocycles. The fourth-order valence-electron chi connectivity index (χ4n) is 4.08. The van der Waals surface area contributed by atoms with E-state index in [1.165, 1.54) is 96.3 Å². The van der Waals surface area contributed by atoms with Crippen LogP contribution in [-0.2, 0) is 0 Å². The predicted octanol–water partition coefficient (Wildman–Crippen LogP) is 6.21. The first kappa shape index (κ1) is 23.9. The van der Waals surface area contributed by atoms with Crippen molar-refractivity contribution in [2.24, 2.45) is 0 Å². The molecule has 0 spiro atoms. The van der Waals surface area contributed by atoms with Crippen LogP contribution in [0, 0.1) is 0 Å². The Bertz CT molecular complexity index is 301. The maximum absolute atomic E-state index is 10.5. The molecular formula is C23H48N2O. The van der Waals surface area contributed by atoms with Gasteiger partial charge < -0.3 is 10.4 Å². The van der Waals surface area contributed by atoms with Crippen LogP contribution < -0.4 is 5.32 Å². The van der Waals surface area contributed by atoms with Crippen LogP contribution in [0.2, 0.25) is 0 Å². The largest absolute Gasteiger partial charge is 0.376 e. The number of aliphatic hydroxyl groups is 1. The molecule has 1 atom stereocenters. The molecule has 2 N–H and O–H groups in total. The topological polar surface area (TPSA) is 35.5 Å². The minimum atomic E-state index is -0.612. The molecule has 1 aliphatic rings. The van der Waals surface area contributed by atoms with Gasteiger partial charge in [-0.05, 0) is 19.8 Å². The molecule has 1 rings (SSSR count). The summed E-state index contributed by atoms with van der Waals surface area (Å²) < 4.78 is 0. The third kappa shape index (κ3) is 12.3. The van der Waals surface area contributed by atoms with Gasteiger partial charge in [-0.1, -0.05) is 103 Å². The summed E-state index contributed by atoms with van der Waals surface area (Å²) in [6.45, 7) is 7.09. The van der Waals surface area contributed by atoms with Gasteiger partial charge in [0.2, 0.25) is 0 Å². The summed E-state index contributed by atoms with van der Waals surface area (Å²) in [6.07, 6.45) is 23.3. The van der Waals surface area contributed by atoms with E-state index >= 15 is 0 Å². The number of rotatable bonds is 18. The van der Waals surface area contributed by atoms with Crippen LogP contribution in [0.5, 0.6) is 0 Å². The Balaban J connectivity index is 1.75. The summed E-state index contributed by atoms with van der Waals surface area (Å²) in [5.41, 5.74) is -0.612. The third-order valence-electron chi connectivity index (χ3n) is 6.05. The van der Waals surface area contributed by atoms with Gasteiger partial charge in [0.15, 0.2) is 0 Å². The van der Waals surface area contributed by atoms with Crippen LogP contribution in [0.15, 0.2) is 0 Å². The molecule has 0 aromatic rings. The van der Waals surface area contributed by atoms with E-state index < -0.39 is 5.72 Å². The Kier molecular flexibility index (Phi) is 14.6. The second kappa shape index (κ2) is 15.9. The van der Waals surface area contributed by atoms with Gasteiger partial charge in [0.05, 0.1) is 6.67 Å². The number of hydrogen-bond acceptors (Lipinski definition) is 3. The van der Waals surface area contributed by atoms with Crippen molar-refractivity contribution in [1.29, 1.82) is 0 Å². The van der Waals surface area contributed by atoms with Crippen LogP contribution >= 0.6 is 0 Å². The fourth-order valence-corrected chi connectivity index (χ4v) is 4.08. The standard InChI is InChI=1S/C23H48N2O/c1-3-4-5-6-7-8-9-10-11-12-13-14-15-16-17-18-19-23(2,26)25-21-20-24-22-25/h24,26H,3-22H2,1-2H3. The lowest BCUT2D eigenvalue weighted by atomic mass is 10.0. The van der Waals surface area contributed by atoms with Crippen molar-refractivity contribution in [1.82, 2.24) is 10.2 Å². The molecule has 156 valence electrons. The lowest BCUT2D eigenvalue weighted by molar-refractivity contribution is -0.0893. The molecule has 1 heterocycles. The monoisotopic (exact) mass is 368 g/mol. The zero-order valence-corrected chi connectivity index (χ0v) is 18.0. The number of unbranched alkanes of at least 4 members (excludes halogenated alkanes) is 15. The summed E-state index contributed by atoms with van der Waals surface area (Å²) in [6, 6.07) is 0. The Morgan fingerprint density at radius 2 is 1.15 bits per heavy atom. The molecule has 3 heteroatoms. The minimum Gasteiger partial charge on any atom is -0.376 e. The Labute approximate surface area is 164 Å². The first-order valence-corrected chi connectivity index (χ1v) is 11.8. The smallest absolute Gasteiger partial charge is 0.116 e. The molecule has 3 nitrogen and oxygen atoms in total. The van der Waals surface area contributed by atoms with E-state index in [2.05, 4.69) is 17.1 Å². The van der Waals surface area contributed by atoms with Crippen molar-refractivity contribution >= 4 is 0 Å². The number of hydrogen-bond donors (Lipinski definition) is 2. The van der Waals surface area contributed by atoms with Gasteiger partial charge >= 0.3 is 0 Å². The number of nitrogens with zero attached hydrogens (tertiary/aromatic N) is 1. The van der Waals surface area contributed by atoms with E-state index in [0.717, 1.165) is 32.6 Å². The van der Waals surface area contributed by atoms with E-state index in [1.807, 2.05) is 6.92 Å². The molecule has 0 aliphatic carbocycles. The SMILES string of the molecule is CCCCCCCCCCCCCCCCCCC(C)(O)N1CCNC1. The molecule has 0 bridgehead atoms. The summed E-state index contributed by atoms with van der Waals surface area (Å²) in [4.78, 5) is 2.16. The molecule has 1 aliphatic heterocycles. The van der Waals surface area contributed by atoms with Crippen LogP contribution in [0.1, 0.15) is 123 Å². The Morgan fingerprint density at radius 1 is 0.731 bits per heavy atom. The molecule has 26 heavy (non-hydrogen) atoms. The molecule has 0 aromatic carbocycles. The molecule has 1 saturated heterocycles. The zero-order valence-electron chi connectivity index (χ0n) is 18.0. The van der Waals surface area contributed by atoms with Crippen LogP contribution in [0.3, 0.4) is 0 Å². The summed E-state index contributed by atoms with van der Waals surface area (Å²) in [5, 5.41) is 13.8. The highest BCUT2D eigenvalue weighted by atomic mass is 16.3. The quantitative estimate of drug-likeness (QED) is 0.282. The Morgan fingerprint density at radius 3 is 1.54 bits per heavy atom. The highest BCUT2D eigenvalue weighted by Crippen LogP contribution is 2.21. The van der Waals surface area contributed by atoms with Crippen LogP contribution in [0.4, 0.5) is 0 Å². The van der Waals surface area contributed by atoms with Gasteiger partial charge in [-0.25, -0.2) is 0 Å². The molecule has 0 radical (unpaired) electrons. The lowest BCUT2D eigenvalue weighted by Crippen LogP contribution is -2.45. The van der Waals surface area contributed by atoms with Gasteiger partial charge in [-0.3, -0.25) is 4.90 Å².